The zero-order chi connectivity index (χ0) is 9.38. The van der Waals surface area contributed by atoms with E-state index in [1.165, 1.54) is 0 Å². The molecule has 3 nitrogen and oxygen atoms in total. The summed E-state index contributed by atoms with van der Waals surface area (Å²) in [5, 5.41) is 8.88. The molecule has 0 bridgehead atoms. The van der Waals surface area contributed by atoms with Crippen molar-refractivity contribution in [2.24, 2.45) is 0 Å². The molecular formula is C11H5N3. The molecule has 14 heavy (non-hydrogen) atoms. The van der Waals surface area contributed by atoms with Crippen LogP contribution in [0.1, 0.15) is 0 Å². The van der Waals surface area contributed by atoms with E-state index in [-0.39, 0.29) is 0 Å². The van der Waals surface area contributed by atoms with Crippen molar-refractivity contribution in [2.45, 2.75) is 0 Å². The van der Waals surface area contributed by atoms with Crippen molar-refractivity contribution in [1.82, 2.24) is 15.2 Å². The number of rotatable bonds is 0. The van der Waals surface area contributed by atoms with Gasteiger partial charge < -0.3 is 0 Å². The highest BCUT2D eigenvalue weighted by Gasteiger charge is 2.07. The molecule has 2 heterocycles. The molecule has 0 saturated heterocycles. The third-order valence-corrected chi connectivity index (χ3v) is 2.13. The number of hydrogen-bond acceptors (Lipinski definition) is 3. The van der Waals surface area contributed by atoms with E-state index in [0.29, 0.717) is 0 Å². The van der Waals surface area contributed by atoms with E-state index in [4.69, 9.17) is 0 Å². The molecule has 0 saturated carbocycles. The van der Waals surface area contributed by atoms with Gasteiger partial charge in [0.15, 0.2) is 0 Å². The Morgan fingerprint density at radius 2 is 2.07 bits per heavy atom. The van der Waals surface area contributed by atoms with Crippen LogP contribution >= 0.6 is 0 Å². The number of hydrogen-bond donors (Lipinski definition) is 0. The fraction of sp³-hybridized carbons (Fsp3) is 0. The largest absolute Gasteiger partial charge is 0.197 e. The minimum absolute atomic E-state index is 0.828. The Balaban J connectivity index is 2.56. The fourth-order valence-electron chi connectivity index (χ4n) is 1.47. The second-order valence-electron chi connectivity index (χ2n) is 2.97. The Bertz CT molecular complexity index is 562. The molecule has 0 unspecified atom stereocenters. The zero-order valence-electron chi connectivity index (χ0n) is 7.23. The van der Waals surface area contributed by atoms with Crippen LogP contribution in [0.15, 0.2) is 30.5 Å². The van der Waals surface area contributed by atoms with Gasteiger partial charge in [-0.25, -0.2) is 0 Å². The van der Waals surface area contributed by atoms with E-state index in [9.17, 15) is 0 Å². The minimum Gasteiger partial charge on any atom is -0.197 e. The smallest absolute Gasteiger partial charge is 0.112 e. The van der Waals surface area contributed by atoms with Crippen LogP contribution in [0, 0.1) is 12.3 Å². The molecule has 0 radical (unpaired) electrons. The van der Waals surface area contributed by atoms with E-state index in [1.807, 2.05) is 24.3 Å². The first-order chi connectivity index (χ1) is 6.95. The Labute approximate surface area is 80.8 Å². The average molecular weight is 179 g/mol. The summed E-state index contributed by atoms with van der Waals surface area (Å²) in [4.78, 5) is 4.14. The van der Waals surface area contributed by atoms with Crippen molar-refractivity contribution in [2.75, 3.05) is 0 Å². The van der Waals surface area contributed by atoms with Gasteiger partial charge in [0.25, 0.3) is 0 Å². The van der Waals surface area contributed by atoms with Crippen LogP contribution in [0.25, 0.3) is 22.2 Å². The highest BCUT2D eigenvalue weighted by Crippen LogP contribution is 2.22. The summed E-state index contributed by atoms with van der Waals surface area (Å²) < 4.78 is 0. The molecule has 0 aliphatic carbocycles. The first-order valence-electron chi connectivity index (χ1n) is 4.25. The summed E-state index contributed by atoms with van der Waals surface area (Å²) in [7, 11) is 0. The van der Waals surface area contributed by atoms with E-state index >= 15 is 0 Å². The maximum atomic E-state index is 4.14. The highest BCUT2D eigenvalue weighted by molar-refractivity contribution is 5.91. The van der Waals surface area contributed by atoms with Gasteiger partial charge in [-0.05, 0) is 12.1 Å². The van der Waals surface area contributed by atoms with Gasteiger partial charge >= 0.3 is 0 Å². The summed E-state index contributed by atoms with van der Waals surface area (Å²) in [5.41, 5.74) is 2.53. The second kappa shape index (κ2) is 2.64. The minimum atomic E-state index is 0.828. The number of fused-ring (bicyclic) bond motifs is 3. The van der Waals surface area contributed by atoms with E-state index in [0.717, 1.165) is 22.2 Å². The van der Waals surface area contributed by atoms with Crippen molar-refractivity contribution in [1.29, 1.82) is 0 Å². The maximum absolute atomic E-state index is 4.14. The number of para-hydroxylation sites is 1. The van der Waals surface area contributed by atoms with Gasteiger partial charge in [0.1, 0.15) is 5.69 Å². The molecule has 64 valence electrons. The molecule has 0 N–H and O–H groups in total. The standard InChI is InChI=1S/C11H5N3/c1-2-4-10-9(3-1)11-8(5-6-12-10)7-13-14-11/h1-4,7H. The molecular weight excluding hydrogens is 174 g/mol. The van der Waals surface area contributed by atoms with Gasteiger partial charge in [0.05, 0.1) is 17.3 Å². The normalized spacial score (nSPS) is 10.3. The van der Waals surface area contributed by atoms with Crippen LogP contribution in [0.5, 0.6) is 0 Å². The summed E-state index contributed by atoms with van der Waals surface area (Å²) in [6.45, 7) is 0. The second-order valence-corrected chi connectivity index (χ2v) is 2.97. The Kier molecular flexibility index (Phi) is 1.36. The Hall–Kier alpha value is -2.21. The highest BCUT2D eigenvalue weighted by atomic mass is 15.1. The molecule has 0 amide bonds. The van der Waals surface area contributed by atoms with Gasteiger partial charge in [-0.15, -0.1) is 5.10 Å². The van der Waals surface area contributed by atoms with E-state index in [2.05, 4.69) is 27.4 Å². The molecule has 2 aliphatic rings. The van der Waals surface area contributed by atoms with Gasteiger partial charge in [-0.2, -0.15) is 10.1 Å². The zero-order valence-corrected chi connectivity index (χ0v) is 7.23. The third kappa shape index (κ3) is 0.913. The van der Waals surface area contributed by atoms with Crippen LogP contribution in [0.4, 0.5) is 0 Å². The molecule has 3 rings (SSSR count). The predicted octanol–water partition coefficient (Wildman–Crippen LogP) is 1.73. The lowest BCUT2D eigenvalue weighted by Crippen LogP contribution is -1.76. The van der Waals surface area contributed by atoms with Gasteiger partial charge in [-0.3, -0.25) is 0 Å². The summed E-state index contributed by atoms with van der Waals surface area (Å²) >= 11 is 0. The van der Waals surface area contributed by atoms with Crippen LogP contribution in [-0.4, -0.2) is 15.2 Å². The lowest BCUT2D eigenvalue weighted by atomic mass is 10.1. The molecule has 0 fully saturated rings. The molecule has 1 aromatic carbocycles. The molecule has 0 aromatic heterocycles. The average Bonchev–Trinajstić information content (AvgIpc) is 2.61. The molecule has 1 aromatic rings. The van der Waals surface area contributed by atoms with Crippen LogP contribution in [0.2, 0.25) is 0 Å². The van der Waals surface area contributed by atoms with Crippen molar-refractivity contribution >= 4 is 10.9 Å². The Morgan fingerprint density at radius 1 is 1.14 bits per heavy atom. The van der Waals surface area contributed by atoms with Gasteiger partial charge in [0.2, 0.25) is 0 Å². The maximum Gasteiger partial charge on any atom is 0.112 e. The van der Waals surface area contributed by atoms with E-state index < -0.39 is 0 Å². The van der Waals surface area contributed by atoms with Crippen LogP contribution < -0.4 is 0 Å². The third-order valence-electron chi connectivity index (χ3n) is 2.13. The summed E-state index contributed by atoms with van der Waals surface area (Å²) in [6, 6.07) is 10.7. The van der Waals surface area contributed by atoms with Crippen LogP contribution in [-0.2, 0) is 0 Å². The lowest BCUT2D eigenvalue weighted by molar-refractivity contribution is 1.11. The summed E-state index contributed by atoms with van der Waals surface area (Å²) in [6.07, 6.45) is 4.41. The monoisotopic (exact) mass is 179 g/mol. The van der Waals surface area contributed by atoms with Crippen molar-refractivity contribution in [3.63, 3.8) is 0 Å². The van der Waals surface area contributed by atoms with Crippen molar-refractivity contribution in [3.8, 4) is 11.3 Å². The lowest BCUT2D eigenvalue weighted by Gasteiger charge is -1.91. The SMILES string of the molecule is c1nc2ccccc2c2nncc-2c#1. The first kappa shape index (κ1) is 7.22. The van der Waals surface area contributed by atoms with E-state index in [1.54, 1.807) is 6.20 Å². The first-order valence-corrected chi connectivity index (χ1v) is 4.25. The number of aromatic nitrogens is 3. The van der Waals surface area contributed by atoms with Gasteiger partial charge in [-0.1, -0.05) is 18.2 Å². The van der Waals surface area contributed by atoms with Crippen LogP contribution in [0.3, 0.4) is 0 Å². The fourth-order valence-corrected chi connectivity index (χ4v) is 1.47. The topological polar surface area (TPSA) is 38.7 Å². The molecule has 0 atom stereocenters. The number of benzene rings is 1. The quantitative estimate of drug-likeness (QED) is 0.527. The van der Waals surface area contributed by atoms with Crippen molar-refractivity contribution < 1.29 is 0 Å². The Morgan fingerprint density at radius 3 is 3.07 bits per heavy atom. The van der Waals surface area contributed by atoms with Gasteiger partial charge in [0, 0.05) is 11.6 Å². The predicted molar refractivity (Wildman–Crippen MR) is 51.6 cm³/mol. The molecule has 3 heteroatoms. The van der Waals surface area contributed by atoms with Crippen molar-refractivity contribution in [3.05, 3.63) is 42.7 Å². The molecule has 2 aliphatic heterocycles. The molecule has 0 spiro atoms. The number of nitrogens with zero attached hydrogens (tertiary/aromatic N) is 3. The summed E-state index contributed by atoms with van der Waals surface area (Å²) in [5.74, 6) is 0.